The lowest BCUT2D eigenvalue weighted by molar-refractivity contribution is -0.177. The number of pyridine rings is 1. The van der Waals surface area contributed by atoms with Crippen molar-refractivity contribution in [1.82, 2.24) is 10.3 Å². The van der Waals surface area contributed by atoms with Crippen LogP contribution in [0.25, 0.3) is 0 Å². The van der Waals surface area contributed by atoms with Crippen molar-refractivity contribution < 1.29 is 24.5 Å². The van der Waals surface area contributed by atoms with Crippen LogP contribution in [0.2, 0.25) is 5.02 Å². The summed E-state index contributed by atoms with van der Waals surface area (Å²) >= 11 is 6.54. The van der Waals surface area contributed by atoms with Gasteiger partial charge >= 0.3 is 11.9 Å². The predicted octanol–water partition coefficient (Wildman–Crippen LogP) is 7.50. The van der Waals surface area contributed by atoms with Crippen molar-refractivity contribution in [3.8, 4) is 6.07 Å². The molecular formula is C40H42ClN3O5. The lowest BCUT2D eigenvalue weighted by Gasteiger charge is -2.58. The third-order valence-electron chi connectivity index (χ3n) is 10.3. The Bertz CT molecular complexity index is 1700. The van der Waals surface area contributed by atoms with Gasteiger partial charge < -0.3 is 20.3 Å². The number of nitriles is 1. The molecule has 0 saturated carbocycles. The highest BCUT2D eigenvalue weighted by Gasteiger charge is 2.67. The Morgan fingerprint density at radius 1 is 0.918 bits per heavy atom. The lowest BCUT2D eigenvalue weighted by atomic mass is 9.49. The average molecular weight is 680 g/mol. The maximum atomic E-state index is 14.2. The second-order valence-electron chi connectivity index (χ2n) is 12.9. The molecule has 0 spiro atoms. The van der Waals surface area contributed by atoms with Crippen LogP contribution in [0.1, 0.15) is 66.7 Å². The summed E-state index contributed by atoms with van der Waals surface area (Å²) in [7, 11) is 0. The van der Waals surface area contributed by atoms with Gasteiger partial charge in [-0.15, -0.1) is 0 Å². The number of carboxylic acid groups (broad SMARTS) is 2. The van der Waals surface area contributed by atoms with Gasteiger partial charge in [0.25, 0.3) is 0 Å². The molecule has 254 valence electrons. The van der Waals surface area contributed by atoms with E-state index in [0.29, 0.717) is 30.0 Å². The summed E-state index contributed by atoms with van der Waals surface area (Å²) in [6.07, 6.45) is 4.46. The molecule has 8 nitrogen and oxygen atoms in total. The van der Waals surface area contributed by atoms with Gasteiger partial charge in [-0.25, -0.2) is 0 Å². The van der Waals surface area contributed by atoms with Gasteiger partial charge in [-0.2, -0.15) is 5.26 Å². The number of carbonyl (C=O) groups is 2. The Kier molecular flexibility index (Phi) is 11.8. The molecule has 0 aliphatic carbocycles. The van der Waals surface area contributed by atoms with Gasteiger partial charge in [0.1, 0.15) is 0 Å². The molecule has 0 radical (unpaired) electrons. The number of aromatic nitrogens is 1. The number of carboxylic acids is 2. The fourth-order valence-electron chi connectivity index (χ4n) is 7.95. The number of piperidine rings is 1. The van der Waals surface area contributed by atoms with Crippen LogP contribution in [0.5, 0.6) is 0 Å². The first kappa shape index (κ1) is 35.7. The monoisotopic (exact) mass is 679 g/mol. The number of hydrogen-bond donors (Lipinski definition) is 3. The maximum absolute atomic E-state index is 14.2. The largest absolute Gasteiger partial charge is 0.481 e. The Morgan fingerprint density at radius 2 is 1.55 bits per heavy atom. The highest BCUT2D eigenvalue weighted by atomic mass is 35.5. The van der Waals surface area contributed by atoms with Crippen molar-refractivity contribution in [3.63, 3.8) is 0 Å². The number of hydrogen-bond acceptors (Lipinski definition) is 6. The first-order valence-electron chi connectivity index (χ1n) is 16.7. The van der Waals surface area contributed by atoms with Gasteiger partial charge in [0.2, 0.25) is 0 Å². The zero-order valence-corrected chi connectivity index (χ0v) is 28.3. The van der Waals surface area contributed by atoms with Crippen molar-refractivity contribution in [2.75, 3.05) is 13.2 Å². The quantitative estimate of drug-likeness (QED) is 0.110. The average Bonchev–Trinajstić information content (AvgIpc) is 3.11. The van der Waals surface area contributed by atoms with E-state index in [1.807, 2.05) is 72.8 Å². The zero-order valence-electron chi connectivity index (χ0n) is 27.5. The van der Waals surface area contributed by atoms with Gasteiger partial charge in [-0.05, 0) is 79.1 Å². The molecule has 4 aromatic rings. The number of nitrogens with zero attached hydrogens (tertiary/aromatic N) is 2. The molecule has 1 fully saturated rings. The highest BCUT2D eigenvalue weighted by Crippen LogP contribution is 2.60. The van der Waals surface area contributed by atoms with E-state index >= 15 is 0 Å². The number of rotatable bonds is 15. The van der Waals surface area contributed by atoms with E-state index in [0.717, 1.165) is 16.7 Å². The van der Waals surface area contributed by atoms with Gasteiger partial charge in [-0.3, -0.25) is 14.6 Å². The predicted molar refractivity (Wildman–Crippen MR) is 188 cm³/mol. The van der Waals surface area contributed by atoms with Gasteiger partial charge in [0, 0.05) is 47.8 Å². The van der Waals surface area contributed by atoms with E-state index in [-0.39, 0.29) is 31.8 Å². The Labute approximate surface area is 292 Å². The Balaban J connectivity index is 1.65. The third kappa shape index (κ3) is 7.55. The molecule has 1 aliphatic heterocycles. The molecule has 1 saturated heterocycles. The molecule has 5 rings (SSSR count). The maximum Gasteiger partial charge on any atom is 0.311 e. The number of halogens is 1. The third-order valence-corrected chi connectivity index (χ3v) is 10.6. The second kappa shape index (κ2) is 16.2. The minimum absolute atomic E-state index is 0.0358. The van der Waals surface area contributed by atoms with Crippen molar-refractivity contribution >= 4 is 23.5 Å². The summed E-state index contributed by atoms with van der Waals surface area (Å²) in [5, 5.41) is 36.3. The molecule has 1 aliphatic rings. The van der Waals surface area contributed by atoms with Crippen LogP contribution < -0.4 is 5.32 Å². The summed E-state index contributed by atoms with van der Waals surface area (Å²) in [4.78, 5) is 31.9. The number of benzene rings is 3. The zero-order chi connectivity index (χ0) is 34.9. The minimum atomic E-state index is -1.68. The van der Waals surface area contributed by atoms with Crippen molar-refractivity contribution in [2.24, 2.45) is 10.8 Å². The van der Waals surface area contributed by atoms with Gasteiger partial charge in [-0.1, -0.05) is 84.4 Å². The highest BCUT2D eigenvalue weighted by molar-refractivity contribution is 6.30. The van der Waals surface area contributed by atoms with Crippen LogP contribution in [-0.4, -0.2) is 52.4 Å². The molecule has 2 heterocycles. The summed E-state index contributed by atoms with van der Waals surface area (Å²) < 4.78 is 6.25. The molecule has 1 aromatic heterocycles. The standard InChI is InChI=1S/C40H42ClN3O5/c1-28-39(37(45)46,20-9-22-42)36(32-14-8-15-33(41)26-32)40(38(47)48,35(44-28)27-49-25-19-29-17-23-43-24-18-29)21-16-34(30-10-4-2-5-11-30)31-12-6-3-7-13-31/h2-8,10-15,17-18,23-24,26,28,34-36,44H,9,16,19-21,25,27H2,1H3,(H,45,46)(H,47,48). The Hall–Kier alpha value is -4.55. The molecule has 5 unspecified atom stereocenters. The number of nitrogens with one attached hydrogen (secondary N) is 1. The van der Waals surface area contributed by atoms with Crippen LogP contribution >= 0.6 is 11.6 Å². The SMILES string of the molecule is CC1NC(COCCc2ccncc2)C(CCC(c2ccccc2)c2ccccc2)(C(=O)O)C(c2cccc(Cl)c2)C1(CCC#N)C(=O)O. The van der Waals surface area contributed by atoms with Gasteiger partial charge in [0.15, 0.2) is 0 Å². The summed E-state index contributed by atoms with van der Waals surface area (Å²) in [5.41, 5.74) is 0.289. The van der Waals surface area contributed by atoms with Crippen LogP contribution in [0.15, 0.2) is 109 Å². The first-order valence-corrected chi connectivity index (χ1v) is 17.0. The lowest BCUT2D eigenvalue weighted by Crippen LogP contribution is -2.71. The van der Waals surface area contributed by atoms with E-state index in [1.54, 1.807) is 43.6 Å². The van der Waals surface area contributed by atoms with E-state index in [1.165, 1.54) is 0 Å². The summed E-state index contributed by atoms with van der Waals surface area (Å²) in [5.74, 6) is -3.50. The van der Waals surface area contributed by atoms with E-state index in [9.17, 15) is 25.1 Å². The summed E-state index contributed by atoms with van der Waals surface area (Å²) in [6.45, 7) is 2.15. The smallest absolute Gasteiger partial charge is 0.311 e. The van der Waals surface area contributed by atoms with Crippen molar-refractivity contribution in [3.05, 3.63) is 137 Å². The molecule has 5 atom stereocenters. The van der Waals surface area contributed by atoms with Crippen LogP contribution in [0.3, 0.4) is 0 Å². The fourth-order valence-corrected chi connectivity index (χ4v) is 8.14. The molecule has 3 N–H and O–H groups in total. The first-order chi connectivity index (χ1) is 23.7. The minimum Gasteiger partial charge on any atom is -0.481 e. The van der Waals surface area contributed by atoms with Crippen LogP contribution in [-0.2, 0) is 20.7 Å². The summed E-state index contributed by atoms with van der Waals surface area (Å²) in [6, 6.07) is 31.2. The molecule has 49 heavy (non-hydrogen) atoms. The molecule has 9 heteroatoms. The van der Waals surface area contributed by atoms with E-state index < -0.39 is 40.8 Å². The normalized spacial score (nSPS) is 23.5. The second-order valence-corrected chi connectivity index (χ2v) is 13.3. The van der Waals surface area contributed by atoms with E-state index in [4.69, 9.17) is 16.3 Å². The number of aliphatic carboxylic acids is 2. The van der Waals surface area contributed by atoms with Crippen molar-refractivity contribution in [2.45, 2.75) is 62.9 Å². The molecule has 0 bridgehead atoms. The number of ether oxygens (including phenoxy) is 1. The fraction of sp³-hybridized carbons (Fsp3) is 0.350. The molecule has 0 amide bonds. The molecule has 3 aromatic carbocycles. The van der Waals surface area contributed by atoms with E-state index in [2.05, 4.69) is 16.4 Å². The van der Waals surface area contributed by atoms with Gasteiger partial charge in [0.05, 0.1) is 30.1 Å². The Morgan fingerprint density at radius 3 is 2.12 bits per heavy atom. The molecular weight excluding hydrogens is 638 g/mol. The van der Waals surface area contributed by atoms with Crippen LogP contribution in [0, 0.1) is 22.2 Å². The topological polar surface area (TPSA) is 133 Å². The van der Waals surface area contributed by atoms with Crippen LogP contribution in [0.4, 0.5) is 0 Å². The van der Waals surface area contributed by atoms with Crippen molar-refractivity contribution in [1.29, 1.82) is 5.26 Å².